The van der Waals surface area contributed by atoms with Crippen LogP contribution in [0.2, 0.25) is 0 Å². The number of fused-ring (bicyclic) bond motifs is 1. The molecule has 0 spiro atoms. The molecular weight excluding hydrogens is 378 g/mol. The number of para-hydroxylation sites is 2. The molecule has 9 heteroatoms. The van der Waals surface area contributed by atoms with E-state index in [4.69, 9.17) is 4.74 Å². The van der Waals surface area contributed by atoms with Crippen molar-refractivity contribution in [3.05, 3.63) is 24.3 Å². The Morgan fingerprint density at radius 1 is 1.24 bits per heavy atom. The highest BCUT2D eigenvalue weighted by atomic mass is 16.5. The van der Waals surface area contributed by atoms with Crippen molar-refractivity contribution in [2.75, 3.05) is 31.1 Å². The van der Waals surface area contributed by atoms with Crippen LogP contribution in [0, 0.1) is 5.92 Å². The number of carboxylic acids is 2. The molecule has 29 heavy (non-hydrogen) atoms. The Kier molecular flexibility index (Phi) is 7.05. The second-order valence-corrected chi connectivity index (χ2v) is 7.48. The van der Waals surface area contributed by atoms with Crippen LogP contribution in [0.15, 0.2) is 24.3 Å². The topological polar surface area (TPSA) is 128 Å². The van der Waals surface area contributed by atoms with Gasteiger partial charge in [0.1, 0.15) is 31.0 Å². The summed E-state index contributed by atoms with van der Waals surface area (Å²) in [6.07, 6.45) is 3.18. The van der Waals surface area contributed by atoms with Gasteiger partial charge in [0.15, 0.2) is 0 Å². The molecule has 0 aliphatic carbocycles. The lowest BCUT2D eigenvalue weighted by atomic mass is 9.91. The van der Waals surface area contributed by atoms with E-state index >= 15 is 0 Å². The third-order valence-corrected chi connectivity index (χ3v) is 5.44. The minimum absolute atomic E-state index is 0.0664. The highest BCUT2D eigenvalue weighted by Gasteiger charge is 2.35. The minimum atomic E-state index is -1.16. The van der Waals surface area contributed by atoms with Gasteiger partial charge in [-0.3, -0.25) is 24.6 Å². The summed E-state index contributed by atoms with van der Waals surface area (Å²) in [5.74, 6) is -1.83. The van der Waals surface area contributed by atoms with Crippen LogP contribution in [-0.4, -0.2) is 66.4 Å². The lowest BCUT2D eigenvalue weighted by Gasteiger charge is -2.27. The number of anilines is 1. The number of piperidine rings is 1. The molecule has 1 amide bonds. The second kappa shape index (κ2) is 9.71. The molecule has 4 N–H and O–H groups in total. The number of ether oxygens (including phenoxy) is 1. The predicted octanol–water partition coefficient (Wildman–Crippen LogP) is 0.688. The number of amides is 1. The summed E-state index contributed by atoms with van der Waals surface area (Å²) in [6, 6.07) is 4.84. The van der Waals surface area contributed by atoms with Crippen molar-refractivity contribution in [2.24, 2.45) is 5.92 Å². The summed E-state index contributed by atoms with van der Waals surface area (Å²) in [7, 11) is 0. The average molecular weight is 405 g/mol. The fourth-order valence-corrected chi connectivity index (χ4v) is 3.86. The Morgan fingerprint density at radius 3 is 2.66 bits per heavy atom. The summed E-state index contributed by atoms with van der Waals surface area (Å²) in [5.41, 5.74) is 0.366. The maximum atomic E-state index is 13.0. The first-order valence-electron chi connectivity index (χ1n) is 9.90. The smallest absolute Gasteiger partial charge is 0.323 e. The van der Waals surface area contributed by atoms with Crippen LogP contribution < -0.4 is 20.3 Å². The Labute approximate surface area is 169 Å². The van der Waals surface area contributed by atoms with E-state index in [9.17, 15) is 24.6 Å². The van der Waals surface area contributed by atoms with Gasteiger partial charge in [-0.25, -0.2) is 0 Å². The van der Waals surface area contributed by atoms with Crippen LogP contribution in [0.4, 0.5) is 5.69 Å². The molecule has 0 radical (unpaired) electrons. The number of nitrogens with zero attached hydrogens (tertiary/aromatic N) is 1. The number of carbonyl (C=O) groups excluding carboxylic acids is 1. The normalized spacial score (nSPS) is 21.0. The van der Waals surface area contributed by atoms with Gasteiger partial charge in [0.25, 0.3) is 0 Å². The van der Waals surface area contributed by atoms with E-state index in [0.29, 0.717) is 23.8 Å². The molecule has 1 unspecified atom stereocenters. The van der Waals surface area contributed by atoms with Crippen LogP contribution in [-0.2, 0) is 14.4 Å². The predicted molar refractivity (Wildman–Crippen MR) is 105 cm³/mol. The minimum Gasteiger partial charge on any atom is -0.489 e. The van der Waals surface area contributed by atoms with Gasteiger partial charge in [-0.1, -0.05) is 12.1 Å². The molecule has 0 bridgehead atoms. The number of carboxylic acid groups (broad SMARTS) is 2. The molecule has 0 aromatic heterocycles. The largest absolute Gasteiger partial charge is 0.489 e. The summed E-state index contributed by atoms with van der Waals surface area (Å²) in [5, 5.41) is 25.1. The number of benzene rings is 1. The van der Waals surface area contributed by atoms with Crippen molar-refractivity contribution in [1.82, 2.24) is 10.6 Å². The highest BCUT2D eigenvalue weighted by molar-refractivity contribution is 6.02. The van der Waals surface area contributed by atoms with Crippen molar-refractivity contribution < 1.29 is 29.3 Å². The molecule has 9 nitrogen and oxygen atoms in total. The van der Waals surface area contributed by atoms with Crippen molar-refractivity contribution in [3.63, 3.8) is 0 Å². The number of rotatable bonds is 8. The van der Waals surface area contributed by atoms with Gasteiger partial charge in [0, 0.05) is 0 Å². The van der Waals surface area contributed by atoms with E-state index in [0.717, 1.165) is 37.3 Å². The Bertz CT molecular complexity index is 749. The highest BCUT2D eigenvalue weighted by Crippen LogP contribution is 2.31. The van der Waals surface area contributed by atoms with E-state index in [1.807, 2.05) is 0 Å². The maximum Gasteiger partial charge on any atom is 0.323 e. The zero-order valence-corrected chi connectivity index (χ0v) is 16.2. The molecule has 1 saturated heterocycles. The molecule has 1 fully saturated rings. The van der Waals surface area contributed by atoms with E-state index in [-0.39, 0.29) is 6.61 Å². The molecule has 158 valence electrons. The standard InChI is InChI=1S/C20H27N3O6/c24-18(25)11-23-16-3-1-2-4-17(16)29-12-15(19(23)26)22-14(20(27)28)6-5-13-7-9-21-10-8-13/h1-4,13-15,21-22H,5-12H2,(H,24,25)(H,27,28)/t14?,15-/m0/s1. The molecule has 2 aliphatic heterocycles. The van der Waals surface area contributed by atoms with Crippen molar-refractivity contribution in [2.45, 2.75) is 37.8 Å². The van der Waals surface area contributed by atoms with Crippen LogP contribution in [0.3, 0.4) is 0 Å². The lowest BCUT2D eigenvalue weighted by Crippen LogP contribution is -2.54. The van der Waals surface area contributed by atoms with Crippen molar-refractivity contribution in [1.29, 1.82) is 0 Å². The molecule has 1 aromatic carbocycles. The van der Waals surface area contributed by atoms with Gasteiger partial charge < -0.3 is 20.3 Å². The van der Waals surface area contributed by atoms with Gasteiger partial charge in [0.05, 0.1) is 5.69 Å². The number of hydrogen-bond acceptors (Lipinski definition) is 6. The number of nitrogens with one attached hydrogen (secondary N) is 2. The van der Waals surface area contributed by atoms with Crippen LogP contribution in [0.25, 0.3) is 0 Å². The average Bonchev–Trinajstić information content (AvgIpc) is 2.83. The number of hydrogen-bond donors (Lipinski definition) is 4. The second-order valence-electron chi connectivity index (χ2n) is 7.48. The van der Waals surface area contributed by atoms with E-state index < -0.39 is 36.5 Å². The quantitative estimate of drug-likeness (QED) is 0.497. The maximum absolute atomic E-state index is 13.0. The molecule has 3 rings (SSSR count). The lowest BCUT2D eigenvalue weighted by molar-refractivity contribution is -0.141. The monoisotopic (exact) mass is 405 g/mol. The van der Waals surface area contributed by atoms with Gasteiger partial charge in [-0.05, 0) is 56.8 Å². The van der Waals surface area contributed by atoms with E-state index in [1.165, 1.54) is 0 Å². The van der Waals surface area contributed by atoms with Crippen molar-refractivity contribution in [3.8, 4) is 5.75 Å². The van der Waals surface area contributed by atoms with Crippen LogP contribution >= 0.6 is 0 Å². The Balaban J connectivity index is 1.71. The zero-order valence-electron chi connectivity index (χ0n) is 16.2. The summed E-state index contributed by atoms with van der Waals surface area (Å²) in [6.45, 7) is 1.29. The third kappa shape index (κ3) is 5.45. The third-order valence-electron chi connectivity index (χ3n) is 5.44. The fraction of sp³-hybridized carbons (Fsp3) is 0.550. The molecule has 0 saturated carbocycles. The van der Waals surface area contributed by atoms with Gasteiger partial charge in [-0.2, -0.15) is 0 Å². The molecule has 2 aliphatic rings. The number of carbonyl (C=O) groups is 3. The molecular formula is C20H27N3O6. The first kappa shape index (κ1) is 21.1. The fourth-order valence-electron chi connectivity index (χ4n) is 3.86. The molecule has 2 atom stereocenters. The van der Waals surface area contributed by atoms with Crippen molar-refractivity contribution >= 4 is 23.5 Å². The van der Waals surface area contributed by atoms with Gasteiger partial charge >= 0.3 is 11.9 Å². The first-order chi connectivity index (χ1) is 14.0. The van der Waals surface area contributed by atoms with E-state index in [1.54, 1.807) is 24.3 Å². The SMILES string of the molecule is O=C(O)CN1C(=O)[C@@H](NC(CCC2CCNCC2)C(=O)O)COc2ccccc21. The summed E-state index contributed by atoms with van der Waals surface area (Å²) in [4.78, 5) is 37.2. The van der Waals surface area contributed by atoms with E-state index in [2.05, 4.69) is 10.6 Å². The Morgan fingerprint density at radius 2 is 1.97 bits per heavy atom. The van der Waals surface area contributed by atoms with Gasteiger partial charge in [-0.15, -0.1) is 0 Å². The summed E-state index contributed by atoms with van der Waals surface area (Å²) >= 11 is 0. The first-order valence-corrected chi connectivity index (χ1v) is 9.90. The van der Waals surface area contributed by atoms with Gasteiger partial charge in [0.2, 0.25) is 5.91 Å². The number of aliphatic carboxylic acids is 2. The molecule has 1 aromatic rings. The summed E-state index contributed by atoms with van der Waals surface area (Å²) < 4.78 is 5.70. The molecule has 2 heterocycles. The van der Waals surface area contributed by atoms with Crippen LogP contribution in [0.1, 0.15) is 25.7 Å². The van der Waals surface area contributed by atoms with Crippen LogP contribution in [0.5, 0.6) is 5.75 Å². The Hall–Kier alpha value is -2.65. The zero-order chi connectivity index (χ0) is 20.8.